The van der Waals surface area contributed by atoms with Gasteiger partial charge >= 0.3 is 6.09 Å². The molecular formula is C22H34N2O7Si. The van der Waals surface area contributed by atoms with Crippen LogP contribution in [0, 0.1) is 0 Å². The van der Waals surface area contributed by atoms with Crippen LogP contribution in [0.25, 0.3) is 0 Å². The predicted molar refractivity (Wildman–Crippen MR) is 122 cm³/mol. The Hall–Kier alpha value is -2.30. The number of carboxylic acid groups (broad SMARTS) is 1. The quantitative estimate of drug-likeness (QED) is 0.654. The van der Waals surface area contributed by atoms with Crippen LogP contribution in [0.3, 0.4) is 0 Å². The number of fused-ring (bicyclic) bond motifs is 2. The molecule has 0 bridgehead atoms. The number of piperidine rings is 1. The second kappa shape index (κ2) is 8.57. The van der Waals surface area contributed by atoms with Crippen molar-refractivity contribution in [2.45, 2.75) is 70.1 Å². The summed E-state index contributed by atoms with van der Waals surface area (Å²) in [7, 11) is 0.797. The van der Waals surface area contributed by atoms with E-state index in [4.69, 9.17) is 13.9 Å². The molecule has 2 aliphatic heterocycles. The van der Waals surface area contributed by atoms with Gasteiger partial charge in [0.2, 0.25) is 0 Å². The fourth-order valence-corrected chi connectivity index (χ4v) is 5.52. The van der Waals surface area contributed by atoms with Crippen LogP contribution in [-0.4, -0.2) is 74.6 Å². The Bertz CT molecular complexity index is 899. The van der Waals surface area contributed by atoms with Crippen molar-refractivity contribution < 1.29 is 33.7 Å². The summed E-state index contributed by atoms with van der Waals surface area (Å²) in [5, 5.41) is 21.1. The van der Waals surface area contributed by atoms with Crippen molar-refractivity contribution in [3.05, 3.63) is 17.7 Å². The number of nitrogens with zero attached hydrogens (tertiary/aromatic N) is 2. The molecule has 1 aromatic carbocycles. The van der Waals surface area contributed by atoms with E-state index < -0.39 is 26.7 Å². The number of hydrogen-bond acceptors (Lipinski definition) is 6. The molecule has 1 saturated heterocycles. The molecule has 178 valence electrons. The number of ether oxygens (including phenoxy) is 2. The summed E-state index contributed by atoms with van der Waals surface area (Å²) in [6.07, 6.45) is -1.99. The largest absolute Gasteiger partial charge is 0.493 e. The minimum absolute atomic E-state index is 0.0124. The molecule has 10 heteroatoms. The monoisotopic (exact) mass is 466 g/mol. The van der Waals surface area contributed by atoms with Crippen LogP contribution in [0.4, 0.5) is 10.5 Å². The molecule has 2 N–H and O–H groups in total. The summed E-state index contributed by atoms with van der Waals surface area (Å²) in [5.74, 6) is 0.241. The molecule has 0 aliphatic carbocycles. The predicted octanol–water partition coefficient (Wildman–Crippen LogP) is 3.52. The molecule has 9 nitrogen and oxygen atoms in total. The van der Waals surface area contributed by atoms with Gasteiger partial charge in [-0.15, -0.1) is 0 Å². The highest BCUT2D eigenvalue weighted by Crippen LogP contribution is 2.42. The first kappa shape index (κ1) is 24.3. The minimum Gasteiger partial charge on any atom is -0.493 e. The molecule has 1 fully saturated rings. The number of aliphatic hydroxyl groups is 1. The summed E-state index contributed by atoms with van der Waals surface area (Å²) in [6.45, 7) is 11.1. The lowest BCUT2D eigenvalue weighted by atomic mass is 9.97. The van der Waals surface area contributed by atoms with Crippen molar-refractivity contribution in [1.82, 2.24) is 4.90 Å². The zero-order chi connectivity index (χ0) is 24.0. The average molecular weight is 467 g/mol. The number of amides is 2. The number of carbonyl (C=O) groups excluding carboxylic acids is 1. The summed E-state index contributed by atoms with van der Waals surface area (Å²) >= 11 is 0. The van der Waals surface area contributed by atoms with Crippen LogP contribution >= 0.6 is 0 Å². The molecular weight excluding hydrogens is 432 g/mol. The lowest BCUT2D eigenvalue weighted by molar-refractivity contribution is -0.00692. The van der Waals surface area contributed by atoms with E-state index in [9.17, 15) is 19.8 Å². The number of methoxy groups -OCH3 is 2. The van der Waals surface area contributed by atoms with Crippen molar-refractivity contribution in [3.63, 3.8) is 0 Å². The van der Waals surface area contributed by atoms with E-state index in [2.05, 4.69) is 33.9 Å². The average Bonchev–Trinajstić information content (AvgIpc) is 2.79. The maximum absolute atomic E-state index is 13.5. The zero-order valence-corrected chi connectivity index (χ0v) is 20.8. The van der Waals surface area contributed by atoms with E-state index in [1.54, 1.807) is 4.90 Å². The van der Waals surface area contributed by atoms with Gasteiger partial charge in [-0.05, 0) is 37.0 Å². The first-order valence-corrected chi connectivity index (χ1v) is 13.7. The SMILES string of the molecule is COc1cc2c(cc1OC)N(C(=O)O)C(O)C1C[C@H](O[Si](C)(C)C(C)(C)C)CCN1C2=O. The Morgan fingerprint density at radius 1 is 1.16 bits per heavy atom. The topological polar surface area (TPSA) is 109 Å². The number of anilines is 1. The van der Waals surface area contributed by atoms with Gasteiger partial charge < -0.3 is 29.0 Å². The van der Waals surface area contributed by atoms with Crippen LogP contribution < -0.4 is 14.4 Å². The Kier molecular flexibility index (Phi) is 6.52. The lowest BCUT2D eigenvalue weighted by Crippen LogP contribution is -2.58. The number of benzene rings is 1. The second-order valence-corrected chi connectivity index (χ2v) is 14.6. The molecule has 3 atom stereocenters. The normalized spacial score (nSPS) is 23.9. The van der Waals surface area contributed by atoms with Crippen LogP contribution in [0.5, 0.6) is 11.5 Å². The number of aliphatic hydroxyl groups excluding tert-OH is 1. The fraction of sp³-hybridized carbons (Fsp3) is 0.636. The van der Waals surface area contributed by atoms with E-state index in [0.717, 1.165) is 4.90 Å². The van der Waals surface area contributed by atoms with Crippen LogP contribution in [0.2, 0.25) is 18.1 Å². The summed E-state index contributed by atoms with van der Waals surface area (Å²) in [5.41, 5.74) is 0.222. The highest BCUT2D eigenvalue weighted by molar-refractivity contribution is 6.74. The fourth-order valence-electron chi connectivity index (χ4n) is 4.12. The Balaban J connectivity index is 2.01. The van der Waals surface area contributed by atoms with Crippen molar-refractivity contribution >= 4 is 26.0 Å². The van der Waals surface area contributed by atoms with E-state index in [1.807, 2.05) is 0 Å². The molecule has 32 heavy (non-hydrogen) atoms. The van der Waals surface area contributed by atoms with Gasteiger partial charge in [-0.3, -0.25) is 4.79 Å². The van der Waals surface area contributed by atoms with Gasteiger partial charge in [0.05, 0.1) is 31.5 Å². The first-order valence-electron chi connectivity index (χ1n) is 10.8. The van der Waals surface area contributed by atoms with Crippen molar-refractivity contribution in [2.24, 2.45) is 0 Å². The third-order valence-corrected chi connectivity index (χ3v) is 11.5. The smallest absolute Gasteiger partial charge is 0.414 e. The number of rotatable bonds is 4. The summed E-state index contributed by atoms with van der Waals surface area (Å²) in [6, 6.07) is 2.16. The van der Waals surface area contributed by atoms with Gasteiger partial charge in [-0.2, -0.15) is 0 Å². The first-order chi connectivity index (χ1) is 14.8. The van der Waals surface area contributed by atoms with Gasteiger partial charge in [0.25, 0.3) is 5.91 Å². The maximum Gasteiger partial charge on any atom is 0.414 e. The van der Waals surface area contributed by atoms with Gasteiger partial charge in [-0.1, -0.05) is 20.8 Å². The molecule has 2 amide bonds. The van der Waals surface area contributed by atoms with Gasteiger partial charge in [0.15, 0.2) is 26.0 Å². The van der Waals surface area contributed by atoms with Crippen molar-refractivity contribution in [3.8, 4) is 11.5 Å². The molecule has 2 heterocycles. The Morgan fingerprint density at radius 2 is 1.75 bits per heavy atom. The van der Waals surface area contributed by atoms with E-state index >= 15 is 0 Å². The molecule has 0 spiro atoms. The standard InChI is InChI=1S/C22H34N2O7Si/c1-22(2,3)32(6,7)31-13-8-9-23-16(10-13)20(26)24(21(27)28)15-12-18(30-5)17(29-4)11-14(15)19(23)25/h11-13,16,20,26H,8-10H2,1-7H3,(H,27,28)/t13-,16?,20?/m1/s1. The molecule has 2 aliphatic rings. The molecule has 0 aromatic heterocycles. The van der Waals surface area contributed by atoms with Crippen molar-refractivity contribution in [1.29, 1.82) is 0 Å². The third kappa shape index (κ3) is 4.18. The van der Waals surface area contributed by atoms with Gasteiger partial charge in [0, 0.05) is 18.7 Å². The molecule has 0 saturated carbocycles. The van der Waals surface area contributed by atoms with Crippen LogP contribution in [0.1, 0.15) is 44.0 Å². The number of hydrogen-bond donors (Lipinski definition) is 2. The van der Waals surface area contributed by atoms with E-state index in [1.165, 1.54) is 26.4 Å². The third-order valence-electron chi connectivity index (χ3n) is 6.93. The second-order valence-electron chi connectivity index (χ2n) is 9.88. The molecule has 0 radical (unpaired) electrons. The number of carbonyl (C=O) groups is 2. The molecule has 2 unspecified atom stereocenters. The van der Waals surface area contributed by atoms with Crippen LogP contribution in [-0.2, 0) is 4.43 Å². The van der Waals surface area contributed by atoms with E-state index in [0.29, 0.717) is 25.1 Å². The highest BCUT2D eigenvalue weighted by atomic mass is 28.4. The minimum atomic E-state index is -2.08. The summed E-state index contributed by atoms with van der Waals surface area (Å²) in [4.78, 5) is 28.1. The van der Waals surface area contributed by atoms with Gasteiger partial charge in [0.1, 0.15) is 0 Å². The summed E-state index contributed by atoms with van der Waals surface area (Å²) < 4.78 is 17.2. The zero-order valence-electron chi connectivity index (χ0n) is 19.8. The van der Waals surface area contributed by atoms with Crippen molar-refractivity contribution in [2.75, 3.05) is 25.7 Å². The van der Waals surface area contributed by atoms with E-state index in [-0.39, 0.29) is 34.0 Å². The molecule has 3 rings (SSSR count). The lowest BCUT2D eigenvalue weighted by Gasteiger charge is -2.45. The Labute approximate surface area is 190 Å². The molecule has 1 aromatic rings. The maximum atomic E-state index is 13.5. The van der Waals surface area contributed by atoms with Gasteiger partial charge in [-0.25, -0.2) is 9.69 Å². The Morgan fingerprint density at radius 3 is 2.28 bits per heavy atom. The van der Waals surface area contributed by atoms with Crippen LogP contribution in [0.15, 0.2) is 12.1 Å². The highest BCUT2D eigenvalue weighted by Gasteiger charge is 2.47.